The molecule has 2 aliphatic carbocycles. The zero-order chi connectivity index (χ0) is 27.2. The van der Waals surface area contributed by atoms with Crippen molar-refractivity contribution in [2.75, 3.05) is 6.61 Å². The molecule has 1 atom stereocenters. The van der Waals surface area contributed by atoms with E-state index in [4.69, 9.17) is 4.74 Å². The third kappa shape index (κ3) is 6.55. The second-order valence-electron chi connectivity index (χ2n) is 11.4. The zero-order valence-corrected chi connectivity index (χ0v) is 22.8. The minimum Gasteiger partial charge on any atom is -0.491 e. The summed E-state index contributed by atoms with van der Waals surface area (Å²) in [5.74, 6) is -2.64. The van der Waals surface area contributed by atoms with Gasteiger partial charge in [-0.25, -0.2) is 13.2 Å². The van der Waals surface area contributed by atoms with Gasteiger partial charge in [0.05, 0.1) is 12.7 Å². The minimum absolute atomic E-state index is 0.00624. The number of ether oxygens (including phenoxy) is 1. The molecule has 0 aliphatic heterocycles. The molecule has 0 saturated heterocycles. The molecule has 2 aromatic carbocycles. The first-order valence-electron chi connectivity index (χ1n) is 14.6. The third-order valence-electron chi connectivity index (χ3n) is 9.02. The van der Waals surface area contributed by atoms with E-state index in [9.17, 15) is 13.9 Å². The normalized spacial score (nSPS) is 24.8. The van der Waals surface area contributed by atoms with Crippen molar-refractivity contribution in [3.05, 3.63) is 64.2 Å². The smallest absolute Gasteiger partial charge is 0.200 e. The van der Waals surface area contributed by atoms with Crippen molar-refractivity contribution in [3.63, 3.8) is 0 Å². The highest BCUT2D eigenvalue weighted by molar-refractivity contribution is 5.33. The van der Waals surface area contributed by atoms with Crippen LogP contribution in [0.2, 0.25) is 0 Å². The molecule has 0 heterocycles. The average molecular weight is 535 g/mol. The highest BCUT2D eigenvalue weighted by Crippen LogP contribution is 2.41. The molecule has 1 N–H and O–H groups in total. The van der Waals surface area contributed by atoms with Gasteiger partial charge in [-0.15, -0.1) is 0 Å². The maximum absolute atomic E-state index is 15.1. The molecule has 6 heteroatoms. The number of benzene rings is 2. The van der Waals surface area contributed by atoms with E-state index in [2.05, 4.69) is 6.92 Å². The molecule has 2 aromatic rings. The van der Waals surface area contributed by atoms with Gasteiger partial charge in [-0.05, 0) is 124 Å². The topological polar surface area (TPSA) is 29.5 Å². The Bertz CT molecular complexity index is 1060. The van der Waals surface area contributed by atoms with Gasteiger partial charge in [0.15, 0.2) is 23.2 Å². The Hall–Kier alpha value is -2.08. The second kappa shape index (κ2) is 13.3. The zero-order valence-electron chi connectivity index (χ0n) is 22.8. The molecular weight excluding hydrogens is 492 g/mol. The summed E-state index contributed by atoms with van der Waals surface area (Å²) in [5.41, 5.74) is 1.29. The van der Waals surface area contributed by atoms with Gasteiger partial charge in [-0.1, -0.05) is 31.5 Å². The number of halogens is 4. The maximum atomic E-state index is 15.1. The summed E-state index contributed by atoms with van der Waals surface area (Å²) in [7, 11) is 0. The number of aliphatic hydroxyl groups is 1. The molecule has 0 aromatic heterocycles. The van der Waals surface area contributed by atoms with Crippen molar-refractivity contribution in [2.24, 2.45) is 11.8 Å². The fraction of sp³-hybridized carbons (Fsp3) is 0.625. The van der Waals surface area contributed by atoms with Gasteiger partial charge in [0.2, 0.25) is 5.82 Å². The average Bonchev–Trinajstić information content (AvgIpc) is 2.93. The Morgan fingerprint density at radius 1 is 0.763 bits per heavy atom. The number of hydrogen-bond donors (Lipinski definition) is 1. The van der Waals surface area contributed by atoms with Crippen LogP contribution < -0.4 is 4.74 Å². The number of aryl methyl sites for hydroxylation is 1. The number of hydrogen-bond acceptors (Lipinski definition) is 2. The number of aliphatic hydroxyl groups excluding tert-OH is 1. The molecule has 2 fully saturated rings. The number of rotatable bonds is 10. The van der Waals surface area contributed by atoms with E-state index < -0.39 is 23.3 Å². The van der Waals surface area contributed by atoms with Crippen LogP contribution in [0.4, 0.5) is 17.6 Å². The monoisotopic (exact) mass is 534 g/mol. The standard InChI is InChI=1S/C32H42F4O2/c1-3-5-27(37)23-14-12-22(13-15-23)25-17-16-24(29(33)30(25)34)11-8-20-6-9-21(10-7-20)26-18-19-28(38-4-2)32(36)31(26)35/h16-23,27,37H,3-15H2,1-2H3. The molecule has 2 aliphatic rings. The van der Waals surface area contributed by atoms with Gasteiger partial charge in [-0.3, -0.25) is 0 Å². The maximum Gasteiger partial charge on any atom is 0.200 e. The van der Waals surface area contributed by atoms with E-state index in [1.807, 2.05) is 0 Å². The summed E-state index contributed by atoms with van der Waals surface area (Å²) < 4.78 is 64.2. The van der Waals surface area contributed by atoms with Crippen LogP contribution in [0.15, 0.2) is 24.3 Å². The van der Waals surface area contributed by atoms with Crippen LogP contribution in [0.3, 0.4) is 0 Å². The Balaban J connectivity index is 1.29. The van der Waals surface area contributed by atoms with Gasteiger partial charge in [-0.2, -0.15) is 4.39 Å². The van der Waals surface area contributed by atoms with Crippen LogP contribution >= 0.6 is 0 Å². The summed E-state index contributed by atoms with van der Waals surface area (Å²) in [5, 5.41) is 10.3. The highest BCUT2D eigenvalue weighted by Gasteiger charge is 2.30. The Kier molecular flexibility index (Phi) is 10.1. The third-order valence-corrected chi connectivity index (χ3v) is 9.02. The minimum atomic E-state index is -0.922. The molecule has 0 radical (unpaired) electrons. The van der Waals surface area contributed by atoms with Crippen molar-refractivity contribution in [1.82, 2.24) is 0 Å². The quantitative estimate of drug-likeness (QED) is 0.308. The Morgan fingerprint density at radius 2 is 1.34 bits per heavy atom. The first kappa shape index (κ1) is 28.9. The molecule has 0 bridgehead atoms. The van der Waals surface area contributed by atoms with E-state index in [-0.39, 0.29) is 36.2 Å². The van der Waals surface area contributed by atoms with E-state index >= 15 is 8.78 Å². The van der Waals surface area contributed by atoms with E-state index in [1.54, 1.807) is 25.1 Å². The van der Waals surface area contributed by atoms with Gasteiger partial charge in [0.25, 0.3) is 0 Å². The van der Waals surface area contributed by atoms with Crippen LogP contribution in [0.25, 0.3) is 0 Å². The second-order valence-corrected chi connectivity index (χ2v) is 11.4. The summed E-state index contributed by atoms with van der Waals surface area (Å²) in [6.45, 7) is 4.07. The van der Waals surface area contributed by atoms with Crippen molar-refractivity contribution in [1.29, 1.82) is 0 Å². The van der Waals surface area contributed by atoms with Crippen molar-refractivity contribution in [3.8, 4) is 5.75 Å². The largest absolute Gasteiger partial charge is 0.491 e. The van der Waals surface area contributed by atoms with E-state index in [0.717, 1.165) is 70.6 Å². The molecule has 0 spiro atoms. The predicted octanol–water partition coefficient (Wildman–Crippen LogP) is 8.98. The van der Waals surface area contributed by atoms with Gasteiger partial charge in [0, 0.05) is 0 Å². The lowest BCUT2D eigenvalue weighted by Crippen LogP contribution is -2.25. The Morgan fingerprint density at radius 3 is 1.95 bits per heavy atom. The first-order valence-corrected chi connectivity index (χ1v) is 14.6. The van der Waals surface area contributed by atoms with E-state index in [0.29, 0.717) is 29.0 Å². The molecule has 4 rings (SSSR count). The Labute approximate surface area is 224 Å². The molecule has 1 unspecified atom stereocenters. The van der Waals surface area contributed by atoms with Gasteiger partial charge < -0.3 is 9.84 Å². The van der Waals surface area contributed by atoms with Gasteiger partial charge in [0.1, 0.15) is 0 Å². The summed E-state index contributed by atoms with van der Waals surface area (Å²) in [6.07, 6.45) is 9.16. The summed E-state index contributed by atoms with van der Waals surface area (Å²) in [4.78, 5) is 0. The summed E-state index contributed by atoms with van der Waals surface area (Å²) >= 11 is 0. The lowest BCUT2D eigenvalue weighted by Gasteiger charge is -2.32. The van der Waals surface area contributed by atoms with Crippen LogP contribution in [0.1, 0.15) is 113 Å². The van der Waals surface area contributed by atoms with Crippen LogP contribution in [0, 0.1) is 35.1 Å². The molecule has 38 heavy (non-hydrogen) atoms. The van der Waals surface area contributed by atoms with Gasteiger partial charge >= 0.3 is 0 Å². The van der Waals surface area contributed by atoms with Crippen LogP contribution in [-0.4, -0.2) is 17.8 Å². The SMILES string of the molecule is CCCC(O)C1CCC(c2ccc(CCC3CCC(c4ccc(OCC)c(F)c4F)CC3)c(F)c2F)CC1. The van der Waals surface area contributed by atoms with Crippen LogP contribution in [0.5, 0.6) is 5.75 Å². The lowest BCUT2D eigenvalue weighted by molar-refractivity contribution is 0.0727. The lowest BCUT2D eigenvalue weighted by atomic mass is 9.75. The molecule has 2 nitrogen and oxygen atoms in total. The van der Waals surface area contributed by atoms with Crippen molar-refractivity contribution >= 4 is 0 Å². The van der Waals surface area contributed by atoms with Crippen molar-refractivity contribution < 1.29 is 27.4 Å². The van der Waals surface area contributed by atoms with E-state index in [1.165, 1.54) is 6.07 Å². The summed E-state index contributed by atoms with van der Waals surface area (Å²) in [6, 6.07) is 6.65. The fourth-order valence-corrected chi connectivity index (χ4v) is 6.71. The fourth-order valence-electron chi connectivity index (χ4n) is 6.71. The molecule has 2 saturated carbocycles. The van der Waals surface area contributed by atoms with Crippen molar-refractivity contribution in [2.45, 2.75) is 109 Å². The molecule has 0 amide bonds. The molecule has 210 valence electrons. The first-order chi connectivity index (χ1) is 18.3. The molecular formula is C32H42F4O2. The van der Waals surface area contributed by atoms with Crippen LogP contribution in [-0.2, 0) is 6.42 Å². The highest BCUT2D eigenvalue weighted by atomic mass is 19.2. The predicted molar refractivity (Wildman–Crippen MR) is 143 cm³/mol.